The number of alkyl halides is 1. The van der Waals surface area contributed by atoms with Gasteiger partial charge in [0.2, 0.25) is 11.8 Å². The number of thioether (sulfide) groups is 1. The minimum atomic E-state index is -0.967. The highest BCUT2D eigenvalue weighted by Crippen LogP contribution is 2.69. The van der Waals surface area contributed by atoms with Crippen LogP contribution < -0.4 is 19.4 Å². The molecule has 0 aliphatic carbocycles. The number of hydrogen-bond donors (Lipinski definition) is 1. The minimum absolute atomic E-state index is 0.128. The third-order valence-electron chi connectivity index (χ3n) is 10.8. The maximum atomic E-state index is 15.4. The topological polar surface area (TPSA) is 93.6 Å². The zero-order valence-corrected chi connectivity index (χ0v) is 33.0. The summed E-state index contributed by atoms with van der Waals surface area (Å²) < 4.78 is 4.71. The van der Waals surface area contributed by atoms with Gasteiger partial charge in [-0.25, -0.2) is 0 Å². The van der Waals surface area contributed by atoms with Crippen LogP contribution in [-0.2, 0) is 14.4 Å². The molecule has 11 heteroatoms. The Hall–Kier alpha value is -4.06. The molecule has 1 N–H and O–H groups in total. The van der Waals surface area contributed by atoms with E-state index < -0.39 is 28.7 Å². The highest BCUT2D eigenvalue weighted by Gasteiger charge is 2.76. The largest absolute Gasteiger partial charge is 0.494 e. The van der Waals surface area contributed by atoms with Gasteiger partial charge in [0.25, 0.3) is 5.91 Å². The van der Waals surface area contributed by atoms with Crippen LogP contribution in [-0.4, -0.2) is 88.0 Å². The predicted octanol–water partition coefficient (Wildman–Crippen LogP) is 6.87. The summed E-state index contributed by atoms with van der Waals surface area (Å²) in [5.74, 6) is -1.58. The van der Waals surface area contributed by atoms with Gasteiger partial charge in [0.05, 0.1) is 35.8 Å². The molecule has 0 aromatic heterocycles. The number of ether oxygens (including phenoxy) is 1. The van der Waals surface area contributed by atoms with E-state index in [0.29, 0.717) is 30.2 Å². The first-order chi connectivity index (χ1) is 25.7. The molecule has 9 nitrogen and oxygen atoms in total. The predicted molar refractivity (Wildman–Crippen MR) is 218 cm³/mol. The number of aliphatic hydroxyl groups is 1. The maximum Gasteiger partial charge on any atom is 0.251 e. The minimum Gasteiger partial charge on any atom is -0.494 e. The first-order valence-electron chi connectivity index (χ1n) is 18.4. The summed E-state index contributed by atoms with van der Waals surface area (Å²) >= 11 is 5.50. The van der Waals surface area contributed by atoms with E-state index in [1.165, 1.54) is 0 Å². The number of carbonyl (C=O) groups is 3. The highest BCUT2D eigenvalue weighted by molar-refractivity contribution is 9.09. The summed E-state index contributed by atoms with van der Waals surface area (Å²) in [6.07, 6.45) is 3.88. The lowest BCUT2D eigenvalue weighted by atomic mass is 9.70. The van der Waals surface area contributed by atoms with Crippen LogP contribution in [0.2, 0.25) is 0 Å². The second kappa shape index (κ2) is 16.5. The first kappa shape index (κ1) is 38.7. The SMILES string of the molecule is C=CCN(C(=O)C1N([C@H](CO)c2ccccc2)C(=O)[C@@H]2[C@H](C(=O)N(CC=C)c3ccc(OCC)cc3)[C@H]3SC12CC3Br)c1ccc(N(CC)CC)cc1. The van der Waals surface area contributed by atoms with Crippen molar-refractivity contribution in [1.82, 2.24) is 4.90 Å². The number of hydrogen-bond acceptors (Lipinski definition) is 7. The van der Waals surface area contributed by atoms with E-state index in [-0.39, 0.29) is 47.5 Å². The molecule has 1 spiro atoms. The number of rotatable bonds is 16. The number of anilines is 3. The van der Waals surface area contributed by atoms with Crippen molar-refractivity contribution in [2.75, 3.05) is 54.1 Å². The Labute approximate surface area is 325 Å². The van der Waals surface area contributed by atoms with Gasteiger partial charge in [-0.05, 0) is 81.3 Å². The van der Waals surface area contributed by atoms with Crippen LogP contribution in [0, 0.1) is 11.8 Å². The summed E-state index contributed by atoms with van der Waals surface area (Å²) in [6.45, 7) is 16.3. The summed E-state index contributed by atoms with van der Waals surface area (Å²) in [7, 11) is 0. The number of halogens is 1. The van der Waals surface area contributed by atoms with E-state index in [2.05, 4.69) is 47.8 Å². The molecule has 0 saturated carbocycles. The van der Waals surface area contributed by atoms with Gasteiger partial charge in [-0.1, -0.05) is 58.4 Å². The molecule has 3 aliphatic rings. The van der Waals surface area contributed by atoms with E-state index >= 15 is 9.59 Å². The Morgan fingerprint density at radius 3 is 2.04 bits per heavy atom. The van der Waals surface area contributed by atoms with Crippen LogP contribution in [0.3, 0.4) is 0 Å². The lowest BCUT2D eigenvalue weighted by Crippen LogP contribution is -2.56. The Balaban J connectivity index is 1.45. The molecule has 3 aromatic carbocycles. The molecule has 7 atom stereocenters. The van der Waals surface area contributed by atoms with Gasteiger partial charge in [-0.2, -0.15) is 0 Å². The molecule has 3 aromatic rings. The fraction of sp³-hybridized carbons (Fsp3) is 0.405. The van der Waals surface area contributed by atoms with Gasteiger partial charge >= 0.3 is 0 Å². The van der Waals surface area contributed by atoms with Gasteiger partial charge in [-0.3, -0.25) is 14.4 Å². The van der Waals surface area contributed by atoms with Crippen molar-refractivity contribution in [1.29, 1.82) is 0 Å². The van der Waals surface area contributed by atoms with Crippen molar-refractivity contribution in [3.05, 3.63) is 110 Å². The van der Waals surface area contributed by atoms with Crippen LogP contribution in [0.1, 0.15) is 38.8 Å². The number of amides is 3. The molecule has 3 heterocycles. The van der Waals surface area contributed by atoms with Crippen molar-refractivity contribution in [2.24, 2.45) is 11.8 Å². The Morgan fingerprint density at radius 1 is 0.925 bits per heavy atom. The molecule has 3 unspecified atom stereocenters. The number of likely N-dealkylation sites (tertiary alicyclic amines) is 1. The molecule has 3 saturated heterocycles. The molecular formula is C42H49BrN4O5S. The van der Waals surface area contributed by atoms with E-state index in [1.807, 2.05) is 85.8 Å². The fourth-order valence-corrected chi connectivity index (χ4v) is 12.1. The van der Waals surface area contributed by atoms with Crippen molar-refractivity contribution in [2.45, 2.75) is 54.1 Å². The van der Waals surface area contributed by atoms with Crippen LogP contribution in [0.25, 0.3) is 0 Å². The summed E-state index contributed by atoms with van der Waals surface area (Å²) in [5.41, 5.74) is 3.13. The Morgan fingerprint density at radius 2 is 1.49 bits per heavy atom. The summed E-state index contributed by atoms with van der Waals surface area (Å²) in [6, 6.07) is 22.8. The smallest absolute Gasteiger partial charge is 0.251 e. The normalized spacial score (nSPS) is 24.7. The molecule has 0 radical (unpaired) electrons. The zero-order chi connectivity index (χ0) is 37.9. The second-order valence-electron chi connectivity index (χ2n) is 13.6. The van der Waals surface area contributed by atoms with Gasteiger partial charge in [0.1, 0.15) is 11.8 Å². The number of fused-ring (bicyclic) bond motifs is 1. The van der Waals surface area contributed by atoms with Crippen LogP contribution in [0.4, 0.5) is 17.1 Å². The number of nitrogens with zero attached hydrogens (tertiary/aromatic N) is 4. The third kappa shape index (κ3) is 6.92. The molecule has 3 fully saturated rings. The standard InChI is InChI=1S/C42H49BrN4O5S/c1-6-24-45(31-20-22-32(23-21-31)52-10-5)39(49)35-36-40(50)47(34(27-48)28-14-12-11-13-15-28)38(42(36)26-33(43)37(35)53-42)41(51)46(25-7-2)30-18-16-29(17-19-30)44(8-3)9-4/h6-7,11-23,33-38,48H,1-2,8-10,24-27H2,3-5H3/t33?,34-,35+,36+,37+,38?,42?/m1/s1. The Kier molecular flexibility index (Phi) is 12.1. The summed E-state index contributed by atoms with van der Waals surface area (Å²) in [5, 5.41) is 10.8. The molecule has 3 amide bonds. The Bertz CT molecular complexity index is 1790. The van der Waals surface area contributed by atoms with E-state index in [4.69, 9.17) is 4.74 Å². The molecule has 6 rings (SSSR count). The van der Waals surface area contributed by atoms with Gasteiger partial charge < -0.3 is 29.4 Å². The number of benzene rings is 3. The van der Waals surface area contributed by atoms with Crippen molar-refractivity contribution in [3.8, 4) is 5.75 Å². The molecular weight excluding hydrogens is 752 g/mol. The van der Waals surface area contributed by atoms with Crippen molar-refractivity contribution in [3.63, 3.8) is 0 Å². The van der Waals surface area contributed by atoms with Gasteiger partial charge in [0, 0.05) is 53.3 Å². The van der Waals surface area contributed by atoms with Gasteiger partial charge in [0.15, 0.2) is 0 Å². The average Bonchev–Trinajstić information content (AvgIpc) is 3.78. The van der Waals surface area contributed by atoms with E-state index in [1.54, 1.807) is 38.6 Å². The monoisotopic (exact) mass is 800 g/mol. The number of carbonyl (C=O) groups excluding carboxylic acids is 3. The fourth-order valence-electron chi connectivity index (χ4n) is 8.55. The summed E-state index contributed by atoms with van der Waals surface area (Å²) in [4.78, 5) is 52.6. The highest BCUT2D eigenvalue weighted by atomic mass is 79.9. The lowest BCUT2D eigenvalue weighted by Gasteiger charge is -2.40. The number of aliphatic hydroxyl groups excluding tert-OH is 1. The van der Waals surface area contributed by atoms with Crippen molar-refractivity contribution < 1.29 is 24.2 Å². The average molecular weight is 802 g/mol. The van der Waals surface area contributed by atoms with Crippen molar-refractivity contribution >= 4 is 62.5 Å². The van der Waals surface area contributed by atoms with Crippen LogP contribution >= 0.6 is 27.7 Å². The lowest BCUT2D eigenvalue weighted by molar-refractivity contribution is -0.142. The molecule has 2 bridgehead atoms. The van der Waals surface area contributed by atoms with E-state index in [9.17, 15) is 9.90 Å². The third-order valence-corrected chi connectivity index (χ3v) is 14.1. The van der Waals surface area contributed by atoms with Gasteiger partial charge in [-0.15, -0.1) is 24.9 Å². The quantitative estimate of drug-likeness (QED) is 0.125. The van der Waals surface area contributed by atoms with E-state index in [0.717, 1.165) is 24.3 Å². The van der Waals surface area contributed by atoms with Crippen LogP contribution in [0.15, 0.2) is 104 Å². The maximum absolute atomic E-state index is 15.4. The first-order valence-corrected chi connectivity index (χ1v) is 20.2. The van der Waals surface area contributed by atoms with Crippen LogP contribution in [0.5, 0.6) is 5.75 Å². The molecule has 280 valence electrons. The zero-order valence-electron chi connectivity index (χ0n) is 30.6. The second-order valence-corrected chi connectivity index (χ2v) is 16.3. The molecule has 3 aliphatic heterocycles. The molecule has 53 heavy (non-hydrogen) atoms.